The van der Waals surface area contributed by atoms with Crippen LogP contribution in [0.1, 0.15) is 52.0 Å². The number of pyridine rings is 1. The van der Waals surface area contributed by atoms with Crippen LogP contribution < -0.4 is 10.9 Å². The molecule has 0 radical (unpaired) electrons. The lowest BCUT2D eigenvalue weighted by Gasteiger charge is -2.43. The van der Waals surface area contributed by atoms with Gasteiger partial charge in [-0.05, 0) is 74.3 Å². The van der Waals surface area contributed by atoms with E-state index in [0.717, 1.165) is 60.6 Å². The first kappa shape index (κ1) is 22.6. The maximum atomic E-state index is 13.4. The van der Waals surface area contributed by atoms with Crippen LogP contribution in [-0.4, -0.2) is 45.8 Å². The van der Waals surface area contributed by atoms with Gasteiger partial charge in [-0.25, -0.2) is 0 Å². The number of likely N-dealkylation sites (tertiary alicyclic amines) is 1. The molecule has 3 unspecified atom stereocenters. The molecule has 7 nitrogen and oxygen atoms in total. The zero-order valence-corrected chi connectivity index (χ0v) is 20.3. The molecule has 2 fully saturated rings. The second-order valence-electron chi connectivity index (χ2n) is 10.4. The molecule has 1 aliphatic heterocycles. The second-order valence-corrected chi connectivity index (χ2v) is 10.4. The van der Waals surface area contributed by atoms with Gasteiger partial charge in [-0.2, -0.15) is 0 Å². The van der Waals surface area contributed by atoms with Crippen LogP contribution in [0.4, 0.5) is 0 Å². The number of fused-ring (bicyclic) bond motifs is 3. The highest BCUT2D eigenvalue weighted by Crippen LogP contribution is 2.37. The van der Waals surface area contributed by atoms with Crippen LogP contribution >= 0.6 is 0 Å². The minimum Gasteiger partial charge on any atom is -0.360 e. The summed E-state index contributed by atoms with van der Waals surface area (Å²) in [4.78, 5) is 46.2. The molecule has 36 heavy (non-hydrogen) atoms. The van der Waals surface area contributed by atoms with Gasteiger partial charge < -0.3 is 20.2 Å². The summed E-state index contributed by atoms with van der Waals surface area (Å²) in [5, 5.41) is 4.98. The average Bonchev–Trinajstić information content (AvgIpc) is 3.30. The lowest BCUT2D eigenvalue weighted by molar-refractivity contribution is 0.0480. The molecule has 6 rings (SSSR count). The van der Waals surface area contributed by atoms with Gasteiger partial charge in [0.1, 0.15) is 0 Å². The van der Waals surface area contributed by atoms with Crippen molar-refractivity contribution in [2.45, 2.75) is 38.6 Å². The standard InChI is InChI=1S/C29H30N4O3/c1-17-5-8-22-24(15-30-26(22)13-17)29(36)33-12-11-18-14-20(7-6-19(18)16-33)31-28(35)23-3-2-4-25-21(23)9-10-27(34)32-25/h2-5,8-10,13,15,18-20,30H,6-7,11-12,14,16H2,1H3,(H,31,35)(H,32,34). The quantitative estimate of drug-likeness (QED) is 0.404. The van der Waals surface area contributed by atoms with E-state index in [9.17, 15) is 14.4 Å². The number of nitrogens with zero attached hydrogens (tertiary/aromatic N) is 1. The topological polar surface area (TPSA) is 98.1 Å². The summed E-state index contributed by atoms with van der Waals surface area (Å²) in [5.74, 6) is 0.972. The van der Waals surface area contributed by atoms with Crippen molar-refractivity contribution in [2.24, 2.45) is 11.8 Å². The number of carbonyl (C=O) groups is 2. The van der Waals surface area contributed by atoms with Crippen molar-refractivity contribution in [2.75, 3.05) is 13.1 Å². The number of aromatic nitrogens is 2. The number of piperidine rings is 1. The van der Waals surface area contributed by atoms with Crippen LogP contribution in [0.3, 0.4) is 0 Å². The van der Waals surface area contributed by atoms with Crippen LogP contribution in [0, 0.1) is 18.8 Å². The fourth-order valence-corrected chi connectivity index (χ4v) is 6.17. The first-order valence-electron chi connectivity index (χ1n) is 12.8. The first-order chi connectivity index (χ1) is 17.5. The first-order valence-corrected chi connectivity index (χ1v) is 12.8. The van der Waals surface area contributed by atoms with Crippen LogP contribution in [0.15, 0.2) is 59.5 Å². The molecule has 1 saturated carbocycles. The minimum absolute atomic E-state index is 0.0988. The van der Waals surface area contributed by atoms with Gasteiger partial charge in [0, 0.05) is 58.8 Å². The van der Waals surface area contributed by atoms with Crippen molar-refractivity contribution >= 4 is 33.6 Å². The Morgan fingerprint density at radius 2 is 1.78 bits per heavy atom. The summed E-state index contributed by atoms with van der Waals surface area (Å²) >= 11 is 0. The van der Waals surface area contributed by atoms with Gasteiger partial charge in [-0.3, -0.25) is 14.4 Å². The van der Waals surface area contributed by atoms with E-state index < -0.39 is 0 Å². The molecule has 7 heteroatoms. The molecule has 1 aliphatic carbocycles. The number of aryl methyl sites for hydroxylation is 1. The minimum atomic E-state index is -0.178. The molecule has 3 N–H and O–H groups in total. The number of nitrogens with one attached hydrogen (secondary N) is 3. The second kappa shape index (κ2) is 8.97. The van der Waals surface area contributed by atoms with E-state index >= 15 is 0 Å². The molecule has 0 spiro atoms. The highest BCUT2D eigenvalue weighted by Gasteiger charge is 2.37. The average molecular weight is 483 g/mol. The lowest BCUT2D eigenvalue weighted by Crippen LogP contribution is -2.49. The number of hydrogen-bond acceptors (Lipinski definition) is 3. The Balaban J connectivity index is 1.11. The summed E-state index contributed by atoms with van der Waals surface area (Å²) in [6.45, 7) is 3.57. The summed E-state index contributed by atoms with van der Waals surface area (Å²) < 4.78 is 0. The third-order valence-electron chi connectivity index (χ3n) is 8.06. The smallest absolute Gasteiger partial charge is 0.256 e. The van der Waals surface area contributed by atoms with E-state index in [1.807, 2.05) is 29.3 Å². The summed E-state index contributed by atoms with van der Waals surface area (Å²) in [7, 11) is 0. The van der Waals surface area contributed by atoms with Gasteiger partial charge in [0.25, 0.3) is 11.8 Å². The molecule has 2 amide bonds. The van der Waals surface area contributed by atoms with Gasteiger partial charge in [0.15, 0.2) is 0 Å². The van der Waals surface area contributed by atoms with Crippen LogP contribution in [0.5, 0.6) is 0 Å². The van der Waals surface area contributed by atoms with Crippen molar-refractivity contribution in [3.8, 4) is 0 Å². The molecule has 2 aromatic heterocycles. The predicted molar refractivity (Wildman–Crippen MR) is 140 cm³/mol. The van der Waals surface area contributed by atoms with Crippen LogP contribution in [-0.2, 0) is 0 Å². The predicted octanol–water partition coefficient (Wildman–Crippen LogP) is 4.38. The van der Waals surface area contributed by atoms with Crippen molar-refractivity contribution in [3.05, 3.63) is 81.8 Å². The molecular weight excluding hydrogens is 452 g/mol. The number of H-pyrrole nitrogens is 2. The third-order valence-corrected chi connectivity index (χ3v) is 8.06. The SMILES string of the molecule is Cc1ccc2c(C(=O)N3CCC4CC(NC(=O)c5cccc6[nH]c(=O)ccc56)CCC4C3)c[nH]c2c1. The van der Waals surface area contributed by atoms with Crippen molar-refractivity contribution in [1.82, 2.24) is 20.2 Å². The van der Waals surface area contributed by atoms with E-state index in [4.69, 9.17) is 0 Å². The number of benzene rings is 2. The normalized spacial score (nSPS) is 21.9. The van der Waals surface area contributed by atoms with Gasteiger partial charge in [0.05, 0.1) is 5.56 Å². The third kappa shape index (κ3) is 4.08. The molecule has 2 aromatic carbocycles. The number of hydrogen-bond donors (Lipinski definition) is 3. The van der Waals surface area contributed by atoms with Gasteiger partial charge in [-0.1, -0.05) is 18.2 Å². The summed E-state index contributed by atoms with van der Waals surface area (Å²) in [5.41, 5.74) is 4.00. The lowest BCUT2D eigenvalue weighted by atomic mass is 9.73. The van der Waals surface area contributed by atoms with Gasteiger partial charge >= 0.3 is 0 Å². The zero-order chi connectivity index (χ0) is 24.8. The highest BCUT2D eigenvalue weighted by molar-refractivity contribution is 6.07. The molecule has 2 aliphatic rings. The Morgan fingerprint density at radius 3 is 2.67 bits per heavy atom. The van der Waals surface area contributed by atoms with Crippen molar-refractivity contribution in [1.29, 1.82) is 0 Å². The Labute approximate surface area is 208 Å². The van der Waals surface area contributed by atoms with E-state index in [1.165, 1.54) is 11.6 Å². The molecular formula is C29H30N4O3. The summed E-state index contributed by atoms with van der Waals surface area (Å²) in [6, 6.07) is 14.9. The molecule has 0 bridgehead atoms. The molecule has 3 heterocycles. The Bertz CT molecular complexity index is 1530. The number of rotatable bonds is 3. The maximum absolute atomic E-state index is 13.4. The van der Waals surface area contributed by atoms with Crippen molar-refractivity contribution < 1.29 is 9.59 Å². The van der Waals surface area contributed by atoms with Crippen molar-refractivity contribution in [3.63, 3.8) is 0 Å². The van der Waals surface area contributed by atoms with Gasteiger partial charge in [-0.15, -0.1) is 0 Å². The van der Waals surface area contributed by atoms with Gasteiger partial charge in [0.2, 0.25) is 5.56 Å². The Hall–Kier alpha value is -3.87. The number of carbonyl (C=O) groups excluding carboxylic acids is 2. The molecule has 3 atom stereocenters. The maximum Gasteiger partial charge on any atom is 0.256 e. The van der Waals surface area contributed by atoms with E-state index in [1.54, 1.807) is 18.2 Å². The monoisotopic (exact) mass is 482 g/mol. The number of aromatic amines is 2. The fraction of sp³-hybridized carbons (Fsp3) is 0.345. The Kier molecular flexibility index (Phi) is 5.63. The van der Waals surface area contributed by atoms with E-state index in [0.29, 0.717) is 22.9 Å². The summed E-state index contributed by atoms with van der Waals surface area (Å²) in [6.07, 6.45) is 5.64. The Morgan fingerprint density at radius 1 is 0.944 bits per heavy atom. The molecule has 184 valence electrons. The largest absolute Gasteiger partial charge is 0.360 e. The molecule has 4 aromatic rings. The van der Waals surface area contributed by atoms with E-state index in [-0.39, 0.29) is 23.4 Å². The van der Waals surface area contributed by atoms with Crippen LogP contribution in [0.25, 0.3) is 21.8 Å². The van der Waals surface area contributed by atoms with Crippen LogP contribution in [0.2, 0.25) is 0 Å². The highest BCUT2D eigenvalue weighted by atomic mass is 16.2. The van der Waals surface area contributed by atoms with E-state index in [2.05, 4.69) is 28.3 Å². The number of amides is 2. The zero-order valence-electron chi connectivity index (χ0n) is 20.3. The fourth-order valence-electron chi connectivity index (χ4n) is 6.17. The molecule has 1 saturated heterocycles.